The molecule has 0 spiro atoms. The summed E-state index contributed by atoms with van der Waals surface area (Å²) in [5.41, 5.74) is 3.71. The summed E-state index contributed by atoms with van der Waals surface area (Å²) in [6.07, 6.45) is 1.89. The van der Waals surface area contributed by atoms with Gasteiger partial charge in [-0.15, -0.1) is 0 Å². The predicted octanol–water partition coefficient (Wildman–Crippen LogP) is 4.00. The fourth-order valence-corrected chi connectivity index (χ4v) is 2.27. The lowest BCUT2D eigenvalue weighted by Gasteiger charge is -2.06. The quantitative estimate of drug-likeness (QED) is 0.508. The molecule has 0 aliphatic rings. The molecule has 0 saturated carbocycles. The lowest BCUT2D eigenvalue weighted by Crippen LogP contribution is -1.86. The fourth-order valence-electron chi connectivity index (χ4n) is 2.27. The van der Waals surface area contributed by atoms with E-state index in [1.54, 1.807) is 0 Å². The molecule has 0 amide bonds. The van der Waals surface area contributed by atoms with Gasteiger partial charge in [0.15, 0.2) is 0 Å². The molecule has 3 aromatic rings. The van der Waals surface area contributed by atoms with Crippen molar-refractivity contribution >= 4 is 21.7 Å². The number of benzene rings is 2. The minimum absolute atomic E-state index is 1.11. The average Bonchev–Trinajstić information content (AvgIpc) is 2.30. The molecule has 0 aliphatic heterocycles. The highest BCUT2D eigenvalue weighted by Crippen LogP contribution is 2.27. The van der Waals surface area contributed by atoms with Gasteiger partial charge in [0.2, 0.25) is 0 Å². The summed E-state index contributed by atoms with van der Waals surface area (Å²) in [5.74, 6) is 0. The number of pyridine rings is 1. The van der Waals surface area contributed by atoms with Gasteiger partial charge in [0.25, 0.3) is 0 Å². The van der Waals surface area contributed by atoms with Crippen LogP contribution in [0.25, 0.3) is 21.7 Å². The Kier molecular flexibility index (Phi) is 1.93. The molecule has 0 atom stereocenters. The summed E-state index contributed by atoms with van der Waals surface area (Å²) in [6, 6.07) is 12.8. The second-order valence-electron chi connectivity index (χ2n) is 4.26. The SMILES string of the molecule is Cc1cccc2c1ccc1c(C)ccnc12. The summed E-state index contributed by atoms with van der Waals surface area (Å²) < 4.78 is 0. The van der Waals surface area contributed by atoms with Crippen LogP contribution in [0.5, 0.6) is 0 Å². The van der Waals surface area contributed by atoms with Crippen LogP contribution in [0.15, 0.2) is 42.6 Å². The Hall–Kier alpha value is -1.89. The highest BCUT2D eigenvalue weighted by atomic mass is 14.6. The number of hydrogen-bond acceptors (Lipinski definition) is 1. The minimum atomic E-state index is 1.11. The minimum Gasteiger partial charge on any atom is -0.256 e. The fraction of sp³-hybridized carbons (Fsp3) is 0.133. The molecule has 0 unspecified atom stereocenters. The summed E-state index contributed by atoms with van der Waals surface area (Å²) in [4.78, 5) is 4.51. The van der Waals surface area contributed by atoms with Crippen molar-refractivity contribution in [3.8, 4) is 0 Å². The van der Waals surface area contributed by atoms with Crippen molar-refractivity contribution in [3.05, 3.63) is 53.7 Å². The lowest BCUT2D eigenvalue weighted by atomic mass is 10.0. The van der Waals surface area contributed by atoms with Gasteiger partial charge in [-0.25, -0.2) is 0 Å². The van der Waals surface area contributed by atoms with Gasteiger partial charge in [0.1, 0.15) is 0 Å². The van der Waals surface area contributed by atoms with Gasteiger partial charge in [-0.05, 0) is 36.4 Å². The number of aromatic nitrogens is 1. The zero-order valence-electron chi connectivity index (χ0n) is 9.49. The molecular weight excluding hydrogens is 194 g/mol. The van der Waals surface area contributed by atoms with Gasteiger partial charge in [-0.1, -0.05) is 30.3 Å². The van der Waals surface area contributed by atoms with Crippen LogP contribution in [0.1, 0.15) is 11.1 Å². The van der Waals surface area contributed by atoms with Crippen molar-refractivity contribution in [1.29, 1.82) is 0 Å². The number of aryl methyl sites for hydroxylation is 2. The number of nitrogens with zero attached hydrogens (tertiary/aromatic N) is 1. The second-order valence-corrected chi connectivity index (χ2v) is 4.26. The van der Waals surface area contributed by atoms with Crippen molar-refractivity contribution in [2.24, 2.45) is 0 Å². The zero-order valence-corrected chi connectivity index (χ0v) is 9.49. The summed E-state index contributed by atoms with van der Waals surface area (Å²) in [7, 11) is 0. The third-order valence-corrected chi connectivity index (χ3v) is 3.20. The average molecular weight is 207 g/mol. The molecular formula is C15H13N. The maximum atomic E-state index is 4.51. The monoisotopic (exact) mass is 207 g/mol. The van der Waals surface area contributed by atoms with E-state index in [-0.39, 0.29) is 0 Å². The summed E-state index contributed by atoms with van der Waals surface area (Å²) in [6.45, 7) is 4.27. The van der Waals surface area contributed by atoms with Crippen LogP contribution >= 0.6 is 0 Å². The first-order valence-electron chi connectivity index (χ1n) is 5.51. The van der Waals surface area contributed by atoms with Crippen LogP contribution in [-0.2, 0) is 0 Å². The third-order valence-electron chi connectivity index (χ3n) is 3.20. The summed E-state index contributed by atoms with van der Waals surface area (Å²) in [5, 5.41) is 3.80. The molecule has 1 nitrogen and oxygen atoms in total. The van der Waals surface area contributed by atoms with Crippen LogP contribution < -0.4 is 0 Å². The number of rotatable bonds is 0. The molecule has 0 aliphatic carbocycles. The third kappa shape index (κ3) is 1.21. The van der Waals surface area contributed by atoms with E-state index in [9.17, 15) is 0 Å². The van der Waals surface area contributed by atoms with Gasteiger partial charge in [0, 0.05) is 17.0 Å². The van der Waals surface area contributed by atoms with Crippen LogP contribution in [0, 0.1) is 13.8 Å². The Bertz CT molecular complexity index is 623. The van der Waals surface area contributed by atoms with E-state index in [2.05, 4.69) is 55.2 Å². The van der Waals surface area contributed by atoms with Crippen molar-refractivity contribution in [2.75, 3.05) is 0 Å². The number of hydrogen-bond donors (Lipinski definition) is 0. The Balaban J connectivity index is 2.60. The van der Waals surface area contributed by atoms with Gasteiger partial charge >= 0.3 is 0 Å². The Morgan fingerprint density at radius 2 is 1.50 bits per heavy atom. The molecule has 2 aromatic carbocycles. The normalized spacial score (nSPS) is 11.1. The Morgan fingerprint density at radius 1 is 0.750 bits per heavy atom. The molecule has 0 N–H and O–H groups in total. The smallest absolute Gasteiger partial charge is 0.0783 e. The van der Waals surface area contributed by atoms with Gasteiger partial charge < -0.3 is 0 Å². The Labute approximate surface area is 94.7 Å². The molecule has 0 bridgehead atoms. The van der Waals surface area contributed by atoms with Crippen LogP contribution in [0.2, 0.25) is 0 Å². The molecule has 1 heterocycles. The van der Waals surface area contributed by atoms with Crippen molar-refractivity contribution in [2.45, 2.75) is 13.8 Å². The topological polar surface area (TPSA) is 12.9 Å². The maximum Gasteiger partial charge on any atom is 0.0783 e. The number of fused-ring (bicyclic) bond motifs is 3. The van der Waals surface area contributed by atoms with E-state index >= 15 is 0 Å². The van der Waals surface area contributed by atoms with Crippen molar-refractivity contribution < 1.29 is 0 Å². The first-order valence-corrected chi connectivity index (χ1v) is 5.51. The molecule has 78 valence electrons. The second kappa shape index (κ2) is 3.31. The van der Waals surface area contributed by atoms with E-state index < -0.39 is 0 Å². The van der Waals surface area contributed by atoms with Crippen LogP contribution in [0.3, 0.4) is 0 Å². The van der Waals surface area contributed by atoms with Gasteiger partial charge in [-0.3, -0.25) is 4.98 Å². The first kappa shape index (κ1) is 9.34. The van der Waals surface area contributed by atoms with E-state index in [0.29, 0.717) is 0 Å². The van der Waals surface area contributed by atoms with Gasteiger partial charge in [-0.2, -0.15) is 0 Å². The van der Waals surface area contributed by atoms with Crippen molar-refractivity contribution in [3.63, 3.8) is 0 Å². The van der Waals surface area contributed by atoms with Crippen LogP contribution in [0.4, 0.5) is 0 Å². The molecule has 0 saturated heterocycles. The molecule has 0 radical (unpaired) electrons. The van der Waals surface area contributed by atoms with E-state index in [0.717, 1.165) is 5.52 Å². The molecule has 1 heteroatoms. The first-order chi connectivity index (χ1) is 7.77. The van der Waals surface area contributed by atoms with Crippen molar-refractivity contribution in [1.82, 2.24) is 4.98 Å². The highest BCUT2D eigenvalue weighted by molar-refractivity contribution is 6.06. The standard InChI is InChI=1S/C15H13N/c1-10-4-3-5-14-12(10)6-7-13-11(2)8-9-16-15(13)14/h3-9H,1-2H3. The van der Waals surface area contributed by atoms with E-state index in [1.807, 2.05) is 6.20 Å². The summed E-state index contributed by atoms with van der Waals surface area (Å²) >= 11 is 0. The predicted molar refractivity (Wildman–Crippen MR) is 68.7 cm³/mol. The molecule has 3 rings (SSSR count). The maximum absolute atomic E-state index is 4.51. The highest BCUT2D eigenvalue weighted by Gasteiger charge is 2.04. The van der Waals surface area contributed by atoms with E-state index in [4.69, 9.17) is 0 Å². The van der Waals surface area contributed by atoms with E-state index in [1.165, 1.54) is 27.3 Å². The molecule has 1 aromatic heterocycles. The lowest BCUT2D eigenvalue weighted by molar-refractivity contribution is 1.38. The van der Waals surface area contributed by atoms with Gasteiger partial charge in [0.05, 0.1) is 5.52 Å². The molecule has 16 heavy (non-hydrogen) atoms. The Morgan fingerprint density at radius 3 is 2.38 bits per heavy atom. The van der Waals surface area contributed by atoms with Crippen LogP contribution in [-0.4, -0.2) is 4.98 Å². The zero-order chi connectivity index (χ0) is 11.1. The molecule has 0 fully saturated rings. The largest absolute Gasteiger partial charge is 0.256 e.